The van der Waals surface area contributed by atoms with Crippen molar-refractivity contribution in [3.05, 3.63) is 66.4 Å². The van der Waals surface area contributed by atoms with Gasteiger partial charge in [0, 0.05) is 24.9 Å². The van der Waals surface area contributed by atoms with Gasteiger partial charge < -0.3 is 16.0 Å². The van der Waals surface area contributed by atoms with Crippen molar-refractivity contribution in [2.45, 2.75) is 6.92 Å². The molecule has 3 N–H and O–H groups in total. The summed E-state index contributed by atoms with van der Waals surface area (Å²) in [5, 5.41) is 22.4. The van der Waals surface area contributed by atoms with Crippen LogP contribution in [-0.4, -0.2) is 25.5 Å². The zero-order valence-corrected chi connectivity index (χ0v) is 15.7. The molecule has 0 fully saturated rings. The molecule has 4 aromatic rings. The van der Waals surface area contributed by atoms with Gasteiger partial charge in [-0.05, 0) is 30.3 Å². The summed E-state index contributed by atoms with van der Waals surface area (Å²) in [7, 11) is 0. The Kier molecular flexibility index (Phi) is 4.92. The molecule has 0 saturated heterocycles. The van der Waals surface area contributed by atoms with Gasteiger partial charge in [0.1, 0.15) is 17.7 Å². The summed E-state index contributed by atoms with van der Waals surface area (Å²) < 4.78 is 15.3. The molecule has 0 atom stereocenters. The van der Waals surface area contributed by atoms with Crippen molar-refractivity contribution in [3.63, 3.8) is 0 Å². The topological polar surface area (TPSA) is 120 Å². The molecule has 30 heavy (non-hydrogen) atoms. The number of imidazole rings is 1. The Hall–Kier alpha value is -4.52. The Morgan fingerprint density at radius 2 is 1.97 bits per heavy atom. The fourth-order valence-electron chi connectivity index (χ4n) is 2.81. The smallest absolute Gasteiger partial charge is 0.221 e. The molecule has 9 nitrogen and oxygen atoms in total. The third-order valence-corrected chi connectivity index (χ3v) is 4.06. The first-order valence-electron chi connectivity index (χ1n) is 8.84. The van der Waals surface area contributed by atoms with Crippen LogP contribution in [0.3, 0.4) is 0 Å². The molecule has 0 bridgehead atoms. The molecular weight excluding hydrogens is 387 g/mol. The average Bonchev–Trinajstić information content (AvgIpc) is 3.14. The lowest BCUT2D eigenvalue weighted by molar-refractivity contribution is -0.114. The SMILES string of the molecule is CC(=O)Nc1cc(Nc2cc(Nc3ccccn3)c3ncc(C#N)n3n2)ccc1F. The zero-order chi connectivity index (χ0) is 21.1. The van der Waals surface area contributed by atoms with Crippen LogP contribution in [0.4, 0.5) is 33.1 Å². The van der Waals surface area contributed by atoms with Crippen molar-refractivity contribution in [2.24, 2.45) is 0 Å². The Morgan fingerprint density at radius 3 is 2.70 bits per heavy atom. The van der Waals surface area contributed by atoms with E-state index in [2.05, 4.69) is 31.0 Å². The maximum absolute atomic E-state index is 13.9. The van der Waals surface area contributed by atoms with Crippen LogP contribution in [0.15, 0.2) is 54.9 Å². The van der Waals surface area contributed by atoms with E-state index in [1.54, 1.807) is 24.4 Å². The van der Waals surface area contributed by atoms with Crippen molar-refractivity contribution in [3.8, 4) is 6.07 Å². The van der Waals surface area contributed by atoms with Crippen molar-refractivity contribution in [1.82, 2.24) is 19.6 Å². The van der Waals surface area contributed by atoms with Crippen LogP contribution in [0.25, 0.3) is 5.65 Å². The van der Waals surface area contributed by atoms with Crippen LogP contribution >= 0.6 is 0 Å². The van der Waals surface area contributed by atoms with E-state index in [9.17, 15) is 14.4 Å². The number of nitrogens with zero attached hydrogens (tertiary/aromatic N) is 5. The number of hydrogen-bond acceptors (Lipinski definition) is 7. The van der Waals surface area contributed by atoms with Gasteiger partial charge in [-0.3, -0.25) is 4.79 Å². The van der Waals surface area contributed by atoms with Gasteiger partial charge in [0.2, 0.25) is 5.91 Å². The molecule has 3 aromatic heterocycles. The van der Waals surface area contributed by atoms with Crippen LogP contribution in [-0.2, 0) is 4.79 Å². The largest absolute Gasteiger partial charge is 0.339 e. The summed E-state index contributed by atoms with van der Waals surface area (Å²) >= 11 is 0. The molecule has 148 valence electrons. The van der Waals surface area contributed by atoms with Gasteiger partial charge in [0.05, 0.1) is 17.6 Å². The van der Waals surface area contributed by atoms with Crippen molar-refractivity contribution >= 4 is 40.3 Å². The number of halogens is 1. The zero-order valence-electron chi connectivity index (χ0n) is 15.7. The second-order valence-corrected chi connectivity index (χ2v) is 6.27. The number of benzene rings is 1. The van der Waals surface area contributed by atoms with Gasteiger partial charge in [-0.25, -0.2) is 14.4 Å². The Bertz CT molecular complexity index is 1280. The van der Waals surface area contributed by atoms with Crippen molar-refractivity contribution in [1.29, 1.82) is 5.26 Å². The standard InChI is InChI=1S/C20H15FN8O/c1-12(30)25-16-8-13(5-6-15(16)21)26-19-9-17(27-18-4-2-3-7-23-18)20-24-11-14(10-22)29(20)28-19/h2-9,11H,1H3,(H,23,27)(H,25,30)(H,26,28). The molecule has 0 aliphatic heterocycles. The number of amides is 1. The van der Waals surface area contributed by atoms with Crippen molar-refractivity contribution in [2.75, 3.05) is 16.0 Å². The number of rotatable bonds is 5. The fraction of sp³-hybridized carbons (Fsp3) is 0.0500. The number of aromatic nitrogens is 4. The van der Waals surface area contributed by atoms with E-state index in [1.807, 2.05) is 12.1 Å². The number of pyridine rings is 1. The monoisotopic (exact) mass is 402 g/mol. The molecule has 0 radical (unpaired) electrons. The fourth-order valence-corrected chi connectivity index (χ4v) is 2.81. The highest BCUT2D eigenvalue weighted by Crippen LogP contribution is 2.27. The first-order chi connectivity index (χ1) is 14.5. The van der Waals surface area contributed by atoms with Crippen LogP contribution in [0.1, 0.15) is 12.6 Å². The van der Waals surface area contributed by atoms with Crippen LogP contribution in [0.2, 0.25) is 0 Å². The van der Waals surface area contributed by atoms with Crippen LogP contribution in [0, 0.1) is 17.1 Å². The van der Waals surface area contributed by atoms with Gasteiger partial charge in [0.25, 0.3) is 0 Å². The van der Waals surface area contributed by atoms with Crippen LogP contribution < -0.4 is 16.0 Å². The van der Waals surface area contributed by atoms with E-state index >= 15 is 0 Å². The molecule has 1 amide bonds. The van der Waals surface area contributed by atoms with Crippen molar-refractivity contribution < 1.29 is 9.18 Å². The highest BCUT2D eigenvalue weighted by molar-refractivity contribution is 5.89. The quantitative estimate of drug-likeness (QED) is 0.467. The lowest BCUT2D eigenvalue weighted by atomic mass is 10.2. The number of carbonyl (C=O) groups is 1. The summed E-state index contributed by atoms with van der Waals surface area (Å²) in [4.78, 5) is 19.8. The molecule has 0 unspecified atom stereocenters. The molecule has 0 saturated carbocycles. The Balaban J connectivity index is 1.74. The van der Waals surface area contributed by atoms with E-state index < -0.39 is 5.82 Å². The van der Waals surface area contributed by atoms with Crippen LogP contribution in [0.5, 0.6) is 0 Å². The molecule has 0 aliphatic carbocycles. The second kappa shape index (κ2) is 7.84. The third-order valence-electron chi connectivity index (χ3n) is 4.06. The van der Waals surface area contributed by atoms with E-state index in [-0.39, 0.29) is 17.3 Å². The molecule has 3 heterocycles. The number of nitriles is 1. The Labute approximate surface area is 170 Å². The van der Waals surface area contributed by atoms with Gasteiger partial charge in [-0.15, -0.1) is 5.10 Å². The summed E-state index contributed by atoms with van der Waals surface area (Å²) in [6.07, 6.45) is 3.07. The van der Waals surface area contributed by atoms with E-state index in [0.29, 0.717) is 28.7 Å². The predicted octanol–water partition coefficient (Wildman–Crippen LogP) is 3.58. The molecule has 0 spiro atoms. The number of fused-ring (bicyclic) bond motifs is 1. The lowest BCUT2D eigenvalue weighted by Crippen LogP contribution is -2.08. The van der Waals surface area contributed by atoms with Gasteiger partial charge in [-0.2, -0.15) is 9.78 Å². The molecule has 10 heteroatoms. The van der Waals surface area contributed by atoms with E-state index in [0.717, 1.165) is 0 Å². The minimum absolute atomic E-state index is 0.0424. The van der Waals surface area contributed by atoms with Gasteiger partial charge in [-0.1, -0.05) is 6.07 Å². The lowest BCUT2D eigenvalue weighted by Gasteiger charge is -2.12. The van der Waals surface area contributed by atoms with E-state index in [4.69, 9.17) is 0 Å². The highest BCUT2D eigenvalue weighted by Gasteiger charge is 2.13. The highest BCUT2D eigenvalue weighted by atomic mass is 19.1. The Morgan fingerprint density at radius 1 is 1.10 bits per heavy atom. The molecule has 0 aliphatic rings. The minimum Gasteiger partial charge on any atom is -0.339 e. The number of nitrogens with one attached hydrogen (secondary N) is 3. The number of carbonyl (C=O) groups excluding carboxylic acids is 1. The normalized spacial score (nSPS) is 10.4. The third kappa shape index (κ3) is 3.85. The second-order valence-electron chi connectivity index (χ2n) is 6.27. The average molecular weight is 402 g/mol. The predicted molar refractivity (Wildman–Crippen MR) is 109 cm³/mol. The molecule has 4 rings (SSSR count). The first-order valence-corrected chi connectivity index (χ1v) is 8.84. The summed E-state index contributed by atoms with van der Waals surface area (Å²) in [5.41, 5.74) is 1.80. The summed E-state index contributed by atoms with van der Waals surface area (Å²) in [5.74, 6) is 0.0196. The van der Waals surface area contributed by atoms with Gasteiger partial charge in [0.15, 0.2) is 17.2 Å². The minimum atomic E-state index is -0.557. The first kappa shape index (κ1) is 18.8. The maximum atomic E-state index is 13.9. The maximum Gasteiger partial charge on any atom is 0.221 e. The summed E-state index contributed by atoms with van der Waals surface area (Å²) in [6.45, 7) is 1.30. The van der Waals surface area contributed by atoms with E-state index in [1.165, 1.54) is 35.8 Å². The van der Waals surface area contributed by atoms with Gasteiger partial charge >= 0.3 is 0 Å². The molecule has 1 aromatic carbocycles. The molecular formula is C20H15FN8O. The number of hydrogen-bond donors (Lipinski definition) is 3. The summed E-state index contributed by atoms with van der Waals surface area (Å²) in [6, 6.07) is 13.4. The number of anilines is 5.